The quantitative estimate of drug-likeness (QED) is 0.731. The van der Waals surface area contributed by atoms with Gasteiger partial charge in [0.25, 0.3) is 5.91 Å². The first-order chi connectivity index (χ1) is 12.6. The summed E-state index contributed by atoms with van der Waals surface area (Å²) < 4.78 is 0. The fourth-order valence-corrected chi connectivity index (χ4v) is 4.34. The average molecular weight is 364 g/mol. The van der Waals surface area contributed by atoms with Crippen molar-refractivity contribution in [2.24, 2.45) is 0 Å². The number of hydrogen-bond acceptors (Lipinski definition) is 3. The second-order valence-corrected chi connectivity index (χ2v) is 7.62. The number of aromatic amines is 1. The Morgan fingerprint density at radius 1 is 1.15 bits per heavy atom. The highest BCUT2D eigenvalue weighted by Gasteiger charge is 2.24. The Bertz CT molecular complexity index is 1000. The molecule has 2 N–H and O–H groups in total. The van der Waals surface area contributed by atoms with Crippen molar-refractivity contribution < 1.29 is 4.79 Å². The Balaban J connectivity index is 1.60. The van der Waals surface area contributed by atoms with Crippen LogP contribution in [0.5, 0.6) is 0 Å². The van der Waals surface area contributed by atoms with E-state index in [2.05, 4.69) is 41.5 Å². The SMILES string of the molecule is Cc1ccc(-c2ccsc2C(=O)NC2CCCc3[nH]c(=O)ccc32)cc1. The van der Waals surface area contributed by atoms with Crippen LogP contribution in [0.1, 0.15) is 45.4 Å². The second kappa shape index (κ2) is 6.92. The number of carbonyl (C=O) groups is 1. The molecule has 0 saturated heterocycles. The van der Waals surface area contributed by atoms with Crippen molar-refractivity contribution >= 4 is 17.2 Å². The molecule has 0 fully saturated rings. The molecule has 0 radical (unpaired) electrons. The molecule has 1 aliphatic rings. The molecule has 1 aromatic carbocycles. The van der Waals surface area contributed by atoms with Crippen LogP contribution in [-0.2, 0) is 6.42 Å². The highest BCUT2D eigenvalue weighted by molar-refractivity contribution is 7.12. The van der Waals surface area contributed by atoms with E-state index in [9.17, 15) is 9.59 Å². The predicted octanol–water partition coefficient (Wildman–Crippen LogP) is 4.22. The van der Waals surface area contributed by atoms with Crippen molar-refractivity contribution in [2.75, 3.05) is 0 Å². The summed E-state index contributed by atoms with van der Waals surface area (Å²) in [6.45, 7) is 2.05. The fourth-order valence-electron chi connectivity index (χ4n) is 3.52. The Labute approximate surface area is 155 Å². The van der Waals surface area contributed by atoms with Crippen LogP contribution in [0.15, 0.2) is 52.6 Å². The molecule has 5 heteroatoms. The largest absolute Gasteiger partial charge is 0.344 e. The number of nitrogens with one attached hydrogen (secondary N) is 2. The van der Waals surface area contributed by atoms with E-state index in [0.29, 0.717) is 0 Å². The molecule has 0 saturated carbocycles. The maximum absolute atomic E-state index is 12.9. The molecular weight excluding hydrogens is 344 g/mol. The van der Waals surface area contributed by atoms with Crippen LogP contribution in [0.2, 0.25) is 0 Å². The third kappa shape index (κ3) is 3.22. The summed E-state index contributed by atoms with van der Waals surface area (Å²) in [5.74, 6) is -0.0559. The van der Waals surface area contributed by atoms with Crippen LogP contribution in [0.4, 0.5) is 0 Å². The van der Waals surface area contributed by atoms with Gasteiger partial charge in [-0.15, -0.1) is 11.3 Å². The highest BCUT2D eigenvalue weighted by Crippen LogP contribution is 2.31. The van der Waals surface area contributed by atoms with Gasteiger partial charge in [0.2, 0.25) is 5.56 Å². The minimum atomic E-state index is -0.0874. The monoisotopic (exact) mass is 364 g/mol. The first kappa shape index (κ1) is 16.8. The highest BCUT2D eigenvalue weighted by atomic mass is 32.1. The van der Waals surface area contributed by atoms with Crippen LogP contribution in [0.25, 0.3) is 11.1 Å². The van der Waals surface area contributed by atoms with Crippen molar-refractivity contribution in [2.45, 2.75) is 32.2 Å². The van der Waals surface area contributed by atoms with Gasteiger partial charge in [0.1, 0.15) is 0 Å². The lowest BCUT2D eigenvalue weighted by Crippen LogP contribution is -2.32. The van der Waals surface area contributed by atoms with Gasteiger partial charge >= 0.3 is 0 Å². The molecule has 132 valence electrons. The van der Waals surface area contributed by atoms with Gasteiger partial charge < -0.3 is 10.3 Å². The van der Waals surface area contributed by atoms with E-state index in [4.69, 9.17) is 0 Å². The van der Waals surface area contributed by atoms with Crippen LogP contribution in [-0.4, -0.2) is 10.9 Å². The van der Waals surface area contributed by atoms with Crippen molar-refractivity contribution in [3.05, 3.63) is 79.9 Å². The number of fused-ring (bicyclic) bond motifs is 1. The number of carbonyl (C=O) groups excluding carboxylic acids is 1. The summed E-state index contributed by atoms with van der Waals surface area (Å²) in [5, 5.41) is 5.12. The Hall–Kier alpha value is -2.66. The third-order valence-corrected chi connectivity index (χ3v) is 5.78. The van der Waals surface area contributed by atoms with Gasteiger partial charge in [0.15, 0.2) is 0 Å². The van der Waals surface area contributed by atoms with E-state index in [1.807, 2.05) is 17.5 Å². The summed E-state index contributed by atoms with van der Waals surface area (Å²) in [7, 11) is 0. The number of rotatable bonds is 3. The fraction of sp³-hybridized carbons (Fsp3) is 0.238. The molecule has 3 aromatic rings. The molecule has 4 rings (SSSR count). The lowest BCUT2D eigenvalue weighted by molar-refractivity contribution is 0.0937. The van der Waals surface area contributed by atoms with E-state index >= 15 is 0 Å². The number of hydrogen-bond donors (Lipinski definition) is 2. The number of aryl methyl sites for hydroxylation is 2. The van der Waals surface area contributed by atoms with Crippen LogP contribution in [0.3, 0.4) is 0 Å². The smallest absolute Gasteiger partial charge is 0.262 e. The Morgan fingerprint density at radius 2 is 1.96 bits per heavy atom. The number of thiophene rings is 1. The standard InChI is InChI=1S/C21H20N2O2S/c1-13-5-7-14(8-6-13)15-11-12-26-20(15)21(25)23-18-4-2-3-17-16(18)9-10-19(24)22-17/h5-12,18H,2-4H2,1H3,(H,22,24)(H,23,25). The molecule has 2 aromatic heterocycles. The van der Waals surface area contributed by atoms with Crippen LogP contribution >= 0.6 is 11.3 Å². The maximum Gasteiger partial charge on any atom is 0.262 e. The molecule has 0 aliphatic heterocycles. The molecule has 1 unspecified atom stereocenters. The van der Waals surface area contributed by atoms with Crippen molar-refractivity contribution in [3.63, 3.8) is 0 Å². The van der Waals surface area contributed by atoms with Gasteiger partial charge in [-0.3, -0.25) is 9.59 Å². The van der Waals surface area contributed by atoms with Gasteiger partial charge in [-0.2, -0.15) is 0 Å². The summed E-state index contributed by atoms with van der Waals surface area (Å²) >= 11 is 1.46. The molecule has 1 atom stereocenters. The summed E-state index contributed by atoms with van der Waals surface area (Å²) in [5.41, 5.74) is 5.09. The van der Waals surface area contributed by atoms with Gasteiger partial charge in [-0.1, -0.05) is 29.8 Å². The lowest BCUT2D eigenvalue weighted by atomic mass is 9.91. The minimum Gasteiger partial charge on any atom is -0.344 e. The average Bonchev–Trinajstić information content (AvgIpc) is 3.12. The first-order valence-electron chi connectivity index (χ1n) is 8.79. The number of aromatic nitrogens is 1. The molecule has 2 heterocycles. The Kier molecular flexibility index (Phi) is 4.47. The summed E-state index contributed by atoms with van der Waals surface area (Å²) in [6.07, 6.45) is 2.69. The minimum absolute atomic E-state index is 0.0559. The van der Waals surface area contributed by atoms with Crippen LogP contribution < -0.4 is 10.9 Å². The molecule has 26 heavy (non-hydrogen) atoms. The van der Waals surface area contributed by atoms with Gasteiger partial charge in [0.05, 0.1) is 10.9 Å². The van der Waals surface area contributed by atoms with E-state index in [1.165, 1.54) is 23.0 Å². The maximum atomic E-state index is 12.9. The van der Waals surface area contributed by atoms with Crippen LogP contribution in [0, 0.1) is 6.92 Å². The first-order valence-corrected chi connectivity index (χ1v) is 9.67. The summed E-state index contributed by atoms with van der Waals surface area (Å²) in [6, 6.07) is 13.5. The van der Waals surface area contributed by atoms with E-state index in [0.717, 1.165) is 46.5 Å². The zero-order chi connectivity index (χ0) is 18.1. The molecule has 1 amide bonds. The molecular formula is C21H20N2O2S. The molecule has 4 nitrogen and oxygen atoms in total. The van der Waals surface area contributed by atoms with E-state index < -0.39 is 0 Å². The lowest BCUT2D eigenvalue weighted by Gasteiger charge is -2.25. The zero-order valence-corrected chi connectivity index (χ0v) is 15.4. The van der Waals surface area contributed by atoms with Crippen molar-refractivity contribution in [3.8, 4) is 11.1 Å². The van der Waals surface area contributed by atoms with E-state index in [-0.39, 0.29) is 17.5 Å². The third-order valence-electron chi connectivity index (χ3n) is 4.87. The molecule has 0 bridgehead atoms. The summed E-state index contributed by atoms with van der Waals surface area (Å²) in [4.78, 5) is 28.1. The van der Waals surface area contributed by atoms with Gasteiger partial charge in [-0.05, 0) is 54.8 Å². The molecule has 1 aliphatic carbocycles. The Morgan fingerprint density at radius 3 is 2.77 bits per heavy atom. The zero-order valence-electron chi connectivity index (χ0n) is 14.5. The molecule has 0 spiro atoms. The van der Waals surface area contributed by atoms with Gasteiger partial charge in [-0.25, -0.2) is 0 Å². The van der Waals surface area contributed by atoms with E-state index in [1.54, 1.807) is 0 Å². The van der Waals surface area contributed by atoms with Crippen molar-refractivity contribution in [1.82, 2.24) is 10.3 Å². The number of pyridine rings is 1. The normalized spacial score (nSPS) is 16.1. The van der Waals surface area contributed by atoms with Gasteiger partial charge in [0, 0.05) is 17.3 Å². The second-order valence-electron chi connectivity index (χ2n) is 6.70. The van der Waals surface area contributed by atoms with Crippen molar-refractivity contribution in [1.29, 1.82) is 0 Å². The number of amides is 1. The topological polar surface area (TPSA) is 62.0 Å². The number of H-pyrrole nitrogens is 1. The number of benzene rings is 1. The predicted molar refractivity (Wildman–Crippen MR) is 105 cm³/mol.